The highest BCUT2D eigenvalue weighted by atomic mass is 16.3. The number of nitrogens with one attached hydrogen (secondary N) is 1. The van der Waals surface area contributed by atoms with E-state index in [0.717, 1.165) is 51.4 Å². The van der Waals surface area contributed by atoms with Crippen LogP contribution in [0.3, 0.4) is 0 Å². The van der Waals surface area contributed by atoms with E-state index >= 15 is 0 Å². The third-order valence-electron chi connectivity index (χ3n) is 12.6. The first kappa shape index (κ1) is 59.4. The molecule has 0 aromatic rings. The summed E-state index contributed by atoms with van der Waals surface area (Å²) in [6.45, 7) is 4.27. The molecule has 0 aliphatic carbocycles. The van der Waals surface area contributed by atoms with Gasteiger partial charge in [0, 0.05) is 6.42 Å². The third kappa shape index (κ3) is 49.2. The van der Waals surface area contributed by atoms with Crippen molar-refractivity contribution in [2.45, 2.75) is 302 Å². The number of carbonyl (C=O) groups is 1. The first-order chi connectivity index (χ1) is 30.2. The van der Waals surface area contributed by atoms with Gasteiger partial charge in [-0.05, 0) is 51.4 Å². The molecule has 0 bridgehead atoms. The summed E-state index contributed by atoms with van der Waals surface area (Å²) >= 11 is 0. The van der Waals surface area contributed by atoms with Gasteiger partial charge in [-0.3, -0.25) is 4.79 Å². The second kappa shape index (κ2) is 52.7. The summed E-state index contributed by atoms with van der Waals surface area (Å²) in [5.41, 5.74) is 0. The fourth-order valence-electron chi connectivity index (χ4n) is 8.47. The highest BCUT2D eigenvalue weighted by molar-refractivity contribution is 5.76. The lowest BCUT2D eigenvalue weighted by Gasteiger charge is -2.22. The summed E-state index contributed by atoms with van der Waals surface area (Å²) in [6, 6.07) is -0.543. The number of amides is 1. The topological polar surface area (TPSA) is 69.6 Å². The predicted molar refractivity (Wildman–Crippen MR) is 271 cm³/mol. The summed E-state index contributed by atoms with van der Waals surface area (Å²) in [7, 11) is 0. The van der Waals surface area contributed by atoms with Gasteiger partial charge in [0.05, 0.1) is 18.8 Å². The Morgan fingerprint density at radius 2 is 0.721 bits per heavy atom. The van der Waals surface area contributed by atoms with Crippen molar-refractivity contribution in [3.05, 3.63) is 48.6 Å². The lowest BCUT2D eigenvalue weighted by atomic mass is 10.0. The quantitative estimate of drug-likeness (QED) is 0.0422. The number of carbonyl (C=O) groups excluding carboxylic acids is 1. The molecule has 0 heterocycles. The number of hydrogen-bond acceptors (Lipinski definition) is 3. The van der Waals surface area contributed by atoms with Gasteiger partial charge < -0.3 is 15.5 Å². The first-order valence-corrected chi connectivity index (χ1v) is 27.3. The summed E-state index contributed by atoms with van der Waals surface area (Å²) in [5.74, 6) is -0.0376. The molecule has 3 N–H and O–H groups in total. The van der Waals surface area contributed by atoms with Gasteiger partial charge in [0.2, 0.25) is 5.91 Å². The van der Waals surface area contributed by atoms with Crippen molar-refractivity contribution in [3.63, 3.8) is 0 Å². The van der Waals surface area contributed by atoms with Crippen LogP contribution in [-0.4, -0.2) is 34.9 Å². The van der Waals surface area contributed by atoms with Gasteiger partial charge in [0.15, 0.2) is 0 Å². The molecule has 0 fully saturated rings. The minimum atomic E-state index is -0.666. The second-order valence-electron chi connectivity index (χ2n) is 18.6. The van der Waals surface area contributed by atoms with Crippen LogP contribution in [0.15, 0.2) is 48.6 Å². The van der Waals surface area contributed by atoms with Crippen LogP contribution in [0.1, 0.15) is 290 Å². The number of unbranched alkanes of at least 4 members (excludes halogenated alkanes) is 35. The van der Waals surface area contributed by atoms with Crippen LogP contribution in [-0.2, 0) is 4.79 Å². The lowest BCUT2D eigenvalue weighted by Crippen LogP contribution is -2.45. The molecule has 0 saturated carbocycles. The standard InChI is InChI=1S/C57H107NO3/c1-3-5-7-9-11-13-15-17-19-21-23-25-26-27-28-29-30-31-33-34-36-38-40-42-44-46-48-50-52-56(60)55(54-59)58-57(61)53-51-49-47-45-43-41-39-37-35-32-24-22-20-18-16-14-12-10-8-6-4-2/h6,8,12,14,18,20,24,32,55-56,59-60H,3-5,7,9-11,13,15-17,19,21-23,25-31,33-54H2,1-2H3,(H,58,61)/b8-6-,14-12-,20-18-,32-24-. The molecule has 0 aliphatic heterocycles. The molecular weight excluding hydrogens is 747 g/mol. The Kier molecular flexibility index (Phi) is 51.3. The molecule has 0 aromatic carbocycles. The van der Waals surface area contributed by atoms with E-state index in [4.69, 9.17) is 0 Å². The maximum absolute atomic E-state index is 12.5. The highest BCUT2D eigenvalue weighted by Crippen LogP contribution is 2.17. The largest absolute Gasteiger partial charge is 0.394 e. The Balaban J connectivity index is 3.46. The van der Waals surface area contributed by atoms with Gasteiger partial charge in [-0.1, -0.05) is 281 Å². The maximum atomic E-state index is 12.5. The van der Waals surface area contributed by atoms with Gasteiger partial charge in [-0.2, -0.15) is 0 Å². The molecule has 0 radical (unpaired) electrons. The second-order valence-corrected chi connectivity index (χ2v) is 18.6. The van der Waals surface area contributed by atoms with Crippen molar-refractivity contribution in [2.75, 3.05) is 6.61 Å². The van der Waals surface area contributed by atoms with Crippen LogP contribution in [0.25, 0.3) is 0 Å². The monoisotopic (exact) mass is 854 g/mol. The van der Waals surface area contributed by atoms with E-state index < -0.39 is 12.1 Å². The van der Waals surface area contributed by atoms with E-state index in [1.165, 1.54) is 212 Å². The van der Waals surface area contributed by atoms with Crippen molar-refractivity contribution in [1.29, 1.82) is 0 Å². The van der Waals surface area contributed by atoms with E-state index in [9.17, 15) is 15.0 Å². The van der Waals surface area contributed by atoms with Crippen LogP contribution in [0, 0.1) is 0 Å². The zero-order valence-electron chi connectivity index (χ0n) is 41.2. The Morgan fingerprint density at radius 3 is 1.08 bits per heavy atom. The molecule has 2 atom stereocenters. The van der Waals surface area contributed by atoms with Crippen LogP contribution < -0.4 is 5.32 Å². The molecule has 61 heavy (non-hydrogen) atoms. The van der Waals surface area contributed by atoms with Crippen molar-refractivity contribution < 1.29 is 15.0 Å². The lowest BCUT2D eigenvalue weighted by molar-refractivity contribution is -0.123. The molecule has 4 heteroatoms. The average molecular weight is 854 g/mol. The SMILES string of the molecule is CC/C=C\C/C=C\C/C=C\C/C=C\CCCCCCCCCCC(=O)NC(CO)C(O)CCCCCCCCCCCCCCCCCCCCCCCCCCCCCC. The molecule has 4 nitrogen and oxygen atoms in total. The van der Waals surface area contributed by atoms with Crippen LogP contribution in [0.2, 0.25) is 0 Å². The average Bonchev–Trinajstić information content (AvgIpc) is 3.26. The molecule has 0 rings (SSSR count). The summed E-state index contributed by atoms with van der Waals surface area (Å²) in [6.07, 6.45) is 72.3. The predicted octanol–water partition coefficient (Wildman–Crippen LogP) is 17.9. The van der Waals surface area contributed by atoms with Crippen molar-refractivity contribution in [1.82, 2.24) is 5.32 Å². The third-order valence-corrected chi connectivity index (χ3v) is 12.6. The molecule has 0 spiro atoms. The fraction of sp³-hybridized carbons (Fsp3) is 0.842. The fourth-order valence-corrected chi connectivity index (χ4v) is 8.47. The minimum absolute atomic E-state index is 0.0376. The van der Waals surface area contributed by atoms with E-state index in [-0.39, 0.29) is 12.5 Å². The van der Waals surface area contributed by atoms with Gasteiger partial charge in [0.1, 0.15) is 0 Å². The van der Waals surface area contributed by atoms with Gasteiger partial charge in [-0.25, -0.2) is 0 Å². The van der Waals surface area contributed by atoms with Crippen molar-refractivity contribution in [2.24, 2.45) is 0 Å². The number of aliphatic hydroxyl groups is 2. The molecule has 358 valence electrons. The zero-order valence-corrected chi connectivity index (χ0v) is 41.2. The van der Waals surface area contributed by atoms with Crippen LogP contribution in [0.4, 0.5) is 0 Å². The number of allylic oxidation sites excluding steroid dienone is 8. The van der Waals surface area contributed by atoms with Crippen LogP contribution in [0.5, 0.6) is 0 Å². The normalized spacial score (nSPS) is 13.2. The Labute approximate surface area is 382 Å². The molecule has 1 amide bonds. The smallest absolute Gasteiger partial charge is 0.220 e. The Hall–Kier alpha value is -1.65. The number of rotatable bonds is 50. The van der Waals surface area contributed by atoms with Gasteiger partial charge >= 0.3 is 0 Å². The number of aliphatic hydroxyl groups excluding tert-OH is 2. The van der Waals surface area contributed by atoms with E-state index in [0.29, 0.717) is 12.8 Å². The summed E-state index contributed by atoms with van der Waals surface area (Å²) < 4.78 is 0. The van der Waals surface area contributed by atoms with Gasteiger partial charge in [0.25, 0.3) is 0 Å². The number of hydrogen-bond donors (Lipinski definition) is 3. The molecule has 2 unspecified atom stereocenters. The van der Waals surface area contributed by atoms with Crippen molar-refractivity contribution in [3.8, 4) is 0 Å². The van der Waals surface area contributed by atoms with Crippen LogP contribution >= 0.6 is 0 Å². The van der Waals surface area contributed by atoms with E-state index in [2.05, 4.69) is 67.8 Å². The first-order valence-electron chi connectivity index (χ1n) is 27.3. The minimum Gasteiger partial charge on any atom is -0.394 e. The molecular formula is C57H107NO3. The molecule has 0 aromatic heterocycles. The summed E-state index contributed by atoms with van der Waals surface area (Å²) in [4.78, 5) is 12.5. The maximum Gasteiger partial charge on any atom is 0.220 e. The Morgan fingerprint density at radius 1 is 0.410 bits per heavy atom. The molecule has 0 saturated heterocycles. The zero-order chi connectivity index (χ0) is 44.2. The molecule has 0 aliphatic rings. The van der Waals surface area contributed by atoms with E-state index in [1.54, 1.807) is 0 Å². The highest BCUT2D eigenvalue weighted by Gasteiger charge is 2.20. The van der Waals surface area contributed by atoms with Crippen molar-refractivity contribution >= 4 is 5.91 Å². The Bertz CT molecular complexity index is 970. The van der Waals surface area contributed by atoms with E-state index in [1.807, 2.05) is 0 Å². The summed E-state index contributed by atoms with van der Waals surface area (Å²) in [5, 5.41) is 23.3. The van der Waals surface area contributed by atoms with Gasteiger partial charge in [-0.15, -0.1) is 0 Å².